The fraction of sp³-hybridized carbons (Fsp3) is 0.0435. The summed E-state index contributed by atoms with van der Waals surface area (Å²) in [5, 5.41) is 6.65. The Morgan fingerprint density at radius 1 is 1.03 bits per heavy atom. The van der Waals surface area contributed by atoms with Gasteiger partial charge in [-0.15, -0.1) is 0 Å². The van der Waals surface area contributed by atoms with Crippen LogP contribution in [0.25, 0.3) is 10.9 Å². The second-order valence-corrected chi connectivity index (χ2v) is 6.43. The van der Waals surface area contributed by atoms with Gasteiger partial charge in [0.05, 0.1) is 11.7 Å². The third kappa shape index (κ3) is 4.59. The number of carbonyl (C=O) groups is 1. The van der Waals surface area contributed by atoms with Crippen LogP contribution < -0.4 is 15.4 Å². The van der Waals surface area contributed by atoms with E-state index in [9.17, 15) is 4.79 Å². The Balaban J connectivity index is 1.49. The predicted molar refractivity (Wildman–Crippen MR) is 117 cm³/mol. The number of hydrogen-bond donors (Lipinski definition) is 2. The Hall–Kier alpha value is -4.26. The highest BCUT2D eigenvalue weighted by atomic mass is 16.5. The van der Waals surface area contributed by atoms with Gasteiger partial charge in [0.15, 0.2) is 0 Å². The third-order valence-corrected chi connectivity index (χ3v) is 4.32. The molecule has 7 heteroatoms. The van der Waals surface area contributed by atoms with Crippen molar-refractivity contribution < 1.29 is 9.53 Å². The number of nitrogens with one attached hydrogen (secondary N) is 2. The zero-order valence-corrected chi connectivity index (χ0v) is 16.1. The number of carbonyl (C=O) groups excluding carboxylic acids is 1. The van der Waals surface area contributed by atoms with E-state index >= 15 is 0 Å². The molecule has 0 bridgehead atoms. The first-order chi connectivity index (χ1) is 14.7. The zero-order valence-electron chi connectivity index (χ0n) is 16.1. The second kappa shape index (κ2) is 8.83. The lowest BCUT2D eigenvalue weighted by Gasteiger charge is -2.11. The van der Waals surface area contributed by atoms with Crippen LogP contribution in [0.4, 0.5) is 17.3 Å². The molecule has 30 heavy (non-hydrogen) atoms. The number of pyridine rings is 1. The Labute approximate surface area is 173 Å². The van der Waals surface area contributed by atoms with Gasteiger partial charge in [0, 0.05) is 11.1 Å². The molecule has 2 N–H and O–H groups in total. The van der Waals surface area contributed by atoms with E-state index in [1.165, 1.54) is 12.4 Å². The maximum absolute atomic E-state index is 11.5. The Morgan fingerprint density at radius 2 is 1.83 bits per heavy atom. The highest BCUT2D eigenvalue weighted by Gasteiger charge is 2.08. The third-order valence-electron chi connectivity index (χ3n) is 4.32. The van der Waals surface area contributed by atoms with Crippen LogP contribution in [0.1, 0.15) is 5.56 Å². The van der Waals surface area contributed by atoms with E-state index < -0.39 is 0 Å². The van der Waals surface area contributed by atoms with Gasteiger partial charge in [-0.25, -0.2) is 15.0 Å². The monoisotopic (exact) mass is 397 g/mol. The Bertz CT molecular complexity index is 1180. The molecule has 4 rings (SSSR count). The summed E-state index contributed by atoms with van der Waals surface area (Å²) in [4.78, 5) is 24.3. The molecule has 148 valence electrons. The number of anilines is 3. The van der Waals surface area contributed by atoms with E-state index in [0.29, 0.717) is 23.8 Å². The average molecular weight is 397 g/mol. The van der Waals surface area contributed by atoms with Gasteiger partial charge in [-0.2, -0.15) is 0 Å². The van der Waals surface area contributed by atoms with E-state index in [1.54, 1.807) is 12.3 Å². The first-order valence-corrected chi connectivity index (χ1v) is 9.29. The number of benzene rings is 2. The summed E-state index contributed by atoms with van der Waals surface area (Å²) in [7, 11) is 0. The molecule has 0 unspecified atom stereocenters. The minimum Gasteiger partial charge on any atom is -0.489 e. The average Bonchev–Trinajstić information content (AvgIpc) is 2.79. The maximum Gasteiger partial charge on any atom is 0.248 e. The van der Waals surface area contributed by atoms with E-state index in [4.69, 9.17) is 4.74 Å². The highest BCUT2D eigenvalue weighted by Crippen LogP contribution is 2.25. The van der Waals surface area contributed by atoms with Crippen LogP contribution in [-0.2, 0) is 11.4 Å². The molecule has 0 radical (unpaired) electrons. The molecule has 2 heterocycles. The van der Waals surface area contributed by atoms with Crippen LogP contribution in [0.5, 0.6) is 5.75 Å². The number of hydrogen-bond acceptors (Lipinski definition) is 6. The Kier molecular flexibility index (Phi) is 5.61. The van der Waals surface area contributed by atoms with Gasteiger partial charge >= 0.3 is 0 Å². The minimum absolute atomic E-state index is 0.334. The van der Waals surface area contributed by atoms with E-state index in [2.05, 4.69) is 32.2 Å². The number of fused-ring (bicyclic) bond motifs is 1. The lowest BCUT2D eigenvalue weighted by molar-refractivity contribution is -0.111. The summed E-state index contributed by atoms with van der Waals surface area (Å²) in [6.45, 7) is 3.95. The van der Waals surface area contributed by atoms with E-state index in [0.717, 1.165) is 22.4 Å². The zero-order chi connectivity index (χ0) is 20.8. The molecule has 0 aliphatic rings. The lowest BCUT2D eigenvalue weighted by atomic mass is 10.2. The van der Waals surface area contributed by atoms with Gasteiger partial charge in [0.2, 0.25) is 5.91 Å². The lowest BCUT2D eigenvalue weighted by Crippen LogP contribution is -2.09. The molecule has 4 aromatic rings. The van der Waals surface area contributed by atoms with Gasteiger partial charge in [-0.3, -0.25) is 4.79 Å². The molecular weight excluding hydrogens is 378 g/mol. The first-order valence-electron chi connectivity index (χ1n) is 9.29. The Morgan fingerprint density at radius 3 is 2.60 bits per heavy atom. The van der Waals surface area contributed by atoms with Crippen LogP contribution in [-0.4, -0.2) is 20.9 Å². The molecule has 0 atom stereocenters. The summed E-state index contributed by atoms with van der Waals surface area (Å²) < 4.78 is 5.82. The molecule has 0 spiro atoms. The molecular formula is C23H19N5O2. The molecule has 0 aliphatic carbocycles. The molecule has 0 fully saturated rings. The molecule has 1 amide bonds. The number of ether oxygens (including phenoxy) is 1. The van der Waals surface area contributed by atoms with Gasteiger partial charge in [-0.05, 0) is 42.0 Å². The van der Waals surface area contributed by atoms with Crippen LogP contribution in [0.2, 0.25) is 0 Å². The van der Waals surface area contributed by atoms with Crippen molar-refractivity contribution >= 4 is 34.1 Å². The highest BCUT2D eigenvalue weighted by molar-refractivity contribution is 6.00. The molecule has 2 aromatic heterocycles. The largest absolute Gasteiger partial charge is 0.489 e. The van der Waals surface area contributed by atoms with Crippen molar-refractivity contribution in [3.05, 3.63) is 91.4 Å². The topological polar surface area (TPSA) is 89.0 Å². The van der Waals surface area contributed by atoms with E-state index in [-0.39, 0.29) is 5.91 Å². The number of aromatic nitrogens is 3. The van der Waals surface area contributed by atoms with Crippen LogP contribution in [0.3, 0.4) is 0 Å². The smallest absolute Gasteiger partial charge is 0.248 e. The van der Waals surface area contributed by atoms with Crippen molar-refractivity contribution in [3.63, 3.8) is 0 Å². The number of rotatable bonds is 7. The van der Waals surface area contributed by atoms with Crippen molar-refractivity contribution in [2.24, 2.45) is 0 Å². The van der Waals surface area contributed by atoms with Crippen molar-refractivity contribution in [1.29, 1.82) is 0 Å². The van der Waals surface area contributed by atoms with Crippen LogP contribution >= 0.6 is 0 Å². The van der Waals surface area contributed by atoms with Crippen molar-refractivity contribution in [2.75, 3.05) is 10.6 Å². The van der Waals surface area contributed by atoms with Gasteiger partial charge < -0.3 is 15.4 Å². The minimum atomic E-state index is -0.334. The molecule has 2 aromatic carbocycles. The molecule has 0 aliphatic heterocycles. The standard InChI is InChI=1S/C23H19N5O2/c1-2-22(29)28-21-12-19-20(13-24-21)25-15-26-23(19)27-17-8-10-18(11-9-17)30-14-16-6-4-3-5-7-16/h2-13,15H,1,14H2,(H,24,28,29)(H,25,26,27). The van der Waals surface area contributed by atoms with Gasteiger partial charge in [-0.1, -0.05) is 36.9 Å². The van der Waals surface area contributed by atoms with Crippen molar-refractivity contribution in [1.82, 2.24) is 15.0 Å². The fourth-order valence-corrected chi connectivity index (χ4v) is 2.82. The quantitative estimate of drug-likeness (QED) is 0.447. The summed E-state index contributed by atoms with van der Waals surface area (Å²) in [5.74, 6) is 1.44. The number of amides is 1. The molecule has 7 nitrogen and oxygen atoms in total. The summed E-state index contributed by atoms with van der Waals surface area (Å²) in [5.41, 5.74) is 2.61. The maximum atomic E-state index is 11.5. The molecule has 0 saturated heterocycles. The van der Waals surface area contributed by atoms with Crippen LogP contribution in [0, 0.1) is 0 Å². The summed E-state index contributed by atoms with van der Waals surface area (Å²) >= 11 is 0. The van der Waals surface area contributed by atoms with Crippen molar-refractivity contribution in [3.8, 4) is 5.75 Å². The first kappa shape index (κ1) is 19.1. The molecule has 0 saturated carbocycles. The summed E-state index contributed by atoms with van der Waals surface area (Å²) in [6.07, 6.45) is 4.24. The van der Waals surface area contributed by atoms with E-state index in [1.807, 2.05) is 54.6 Å². The fourth-order valence-electron chi connectivity index (χ4n) is 2.82. The normalized spacial score (nSPS) is 10.4. The van der Waals surface area contributed by atoms with Crippen molar-refractivity contribution in [2.45, 2.75) is 6.61 Å². The predicted octanol–water partition coefficient (Wildman–Crippen LogP) is 4.47. The van der Waals surface area contributed by atoms with Gasteiger partial charge in [0.25, 0.3) is 0 Å². The van der Waals surface area contributed by atoms with Crippen LogP contribution in [0.15, 0.2) is 85.8 Å². The summed E-state index contributed by atoms with van der Waals surface area (Å²) in [6, 6.07) is 19.3. The van der Waals surface area contributed by atoms with Gasteiger partial charge in [0.1, 0.15) is 30.3 Å². The second-order valence-electron chi connectivity index (χ2n) is 6.43. The number of nitrogens with zero attached hydrogens (tertiary/aromatic N) is 3. The SMILES string of the molecule is C=CC(=O)Nc1cc2c(Nc3ccc(OCc4ccccc4)cc3)ncnc2cn1.